The molecule has 0 bridgehead atoms. The summed E-state index contributed by atoms with van der Waals surface area (Å²) in [5.74, 6) is 1.96. The largest absolute Gasteiger partial charge is 0.384 e. The first-order chi connectivity index (χ1) is 9.88. The van der Waals surface area contributed by atoms with E-state index in [1.807, 2.05) is 0 Å². The normalized spacial score (nSPS) is 11.4. The third-order valence-corrected chi connectivity index (χ3v) is 3.18. The van der Waals surface area contributed by atoms with Crippen molar-refractivity contribution >= 4 is 17.3 Å². The van der Waals surface area contributed by atoms with Crippen LogP contribution in [-0.4, -0.2) is 9.97 Å². The molecule has 2 aromatic rings. The fourth-order valence-electron chi connectivity index (χ4n) is 2.06. The van der Waals surface area contributed by atoms with Gasteiger partial charge in [-0.3, -0.25) is 0 Å². The second-order valence-electron chi connectivity index (χ2n) is 6.32. The number of anilines is 3. The van der Waals surface area contributed by atoms with Crippen molar-refractivity contribution in [1.29, 1.82) is 0 Å². The van der Waals surface area contributed by atoms with E-state index in [1.54, 1.807) is 6.07 Å². The van der Waals surface area contributed by atoms with E-state index in [0.29, 0.717) is 5.82 Å². The molecule has 1 aromatic carbocycles. The predicted octanol–water partition coefficient (Wildman–Crippen LogP) is 4.05. The van der Waals surface area contributed by atoms with Gasteiger partial charge in [-0.15, -0.1) is 0 Å². The van der Waals surface area contributed by atoms with Gasteiger partial charge in [0.1, 0.15) is 17.5 Å². The van der Waals surface area contributed by atoms with Crippen LogP contribution in [0.25, 0.3) is 0 Å². The highest BCUT2D eigenvalue weighted by molar-refractivity contribution is 5.59. The minimum atomic E-state index is -0.128. The molecule has 0 saturated heterocycles. The molecule has 0 spiro atoms. The van der Waals surface area contributed by atoms with Gasteiger partial charge in [0.2, 0.25) is 0 Å². The van der Waals surface area contributed by atoms with Crippen LogP contribution in [0.4, 0.5) is 17.3 Å². The molecule has 0 aliphatic carbocycles. The van der Waals surface area contributed by atoms with Crippen molar-refractivity contribution in [2.24, 2.45) is 0 Å². The summed E-state index contributed by atoms with van der Waals surface area (Å²) >= 11 is 0. The third kappa shape index (κ3) is 4.18. The van der Waals surface area contributed by atoms with E-state index >= 15 is 0 Å². The van der Waals surface area contributed by atoms with Gasteiger partial charge in [-0.2, -0.15) is 0 Å². The van der Waals surface area contributed by atoms with E-state index in [4.69, 9.17) is 5.73 Å². The second kappa shape index (κ2) is 6.12. The standard InChI is InChI=1S/C17H24N4/c1-5-6-12-7-9-13(10-8-12)19-15-11-14(18)20-16(21-15)17(2,3)4/h7-11H,5-6H2,1-4H3,(H3,18,19,20,21). The van der Waals surface area contributed by atoms with Crippen LogP contribution >= 0.6 is 0 Å². The van der Waals surface area contributed by atoms with Crippen LogP contribution < -0.4 is 11.1 Å². The molecule has 0 atom stereocenters. The molecule has 112 valence electrons. The molecular formula is C17H24N4. The van der Waals surface area contributed by atoms with Gasteiger partial charge in [-0.1, -0.05) is 46.2 Å². The van der Waals surface area contributed by atoms with Crippen LogP contribution in [0.3, 0.4) is 0 Å². The highest BCUT2D eigenvalue weighted by Crippen LogP contribution is 2.23. The van der Waals surface area contributed by atoms with Crippen LogP contribution in [0.2, 0.25) is 0 Å². The van der Waals surface area contributed by atoms with Gasteiger partial charge < -0.3 is 11.1 Å². The summed E-state index contributed by atoms with van der Waals surface area (Å²) in [6.45, 7) is 8.41. The fraction of sp³-hybridized carbons (Fsp3) is 0.412. The number of nitrogens with two attached hydrogens (primary N) is 1. The molecule has 21 heavy (non-hydrogen) atoms. The summed E-state index contributed by atoms with van der Waals surface area (Å²) in [6.07, 6.45) is 2.26. The Labute approximate surface area is 126 Å². The molecular weight excluding hydrogens is 260 g/mol. The maximum atomic E-state index is 5.88. The summed E-state index contributed by atoms with van der Waals surface area (Å²) in [5, 5.41) is 3.30. The highest BCUT2D eigenvalue weighted by atomic mass is 15.1. The first-order valence-electron chi connectivity index (χ1n) is 7.39. The monoisotopic (exact) mass is 284 g/mol. The van der Waals surface area contributed by atoms with Gasteiger partial charge in [0.15, 0.2) is 0 Å². The minimum Gasteiger partial charge on any atom is -0.384 e. The Balaban J connectivity index is 2.21. The highest BCUT2D eigenvalue weighted by Gasteiger charge is 2.18. The first kappa shape index (κ1) is 15.3. The molecule has 1 aromatic heterocycles. The predicted molar refractivity (Wildman–Crippen MR) is 88.9 cm³/mol. The van der Waals surface area contributed by atoms with Crippen molar-refractivity contribution < 1.29 is 0 Å². The average Bonchev–Trinajstić information content (AvgIpc) is 2.40. The number of hydrogen-bond acceptors (Lipinski definition) is 4. The number of aryl methyl sites for hydroxylation is 1. The van der Waals surface area contributed by atoms with E-state index in [1.165, 1.54) is 5.56 Å². The fourth-order valence-corrected chi connectivity index (χ4v) is 2.06. The number of rotatable bonds is 4. The maximum Gasteiger partial charge on any atom is 0.138 e. The Kier molecular flexibility index (Phi) is 4.46. The summed E-state index contributed by atoms with van der Waals surface area (Å²) in [7, 11) is 0. The van der Waals surface area contributed by atoms with E-state index in [9.17, 15) is 0 Å². The Bertz CT molecular complexity index is 597. The number of nitrogen functional groups attached to an aromatic ring is 1. The zero-order chi connectivity index (χ0) is 15.5. The van der Waals surface area contributed by atoms with Crippen LogP contribution in [0.1, 0.15) is 45.5 Å². The van der Waals surface area contributed by atoms with Crippen LogP contribution in [0.15, 0.2) is 30.3 Å². The Morgan fingerprint density at radius 1 is 1.10 bits per heavy atom. The van der Waals surface area contributed by atoms with Crippen LogP contribution in [-0.2, 0) is 11.8 Å². The van der Waals surface area contributed by atoms with E-state index in [-0.39, 0.29) is 5.41 Å². The van der Waals surface area contributed by atoms with Crippen molar-refractivity contribution in [3.8, 4) is 0 Å². The van der Waals surface area contributed by atoms with Gasteiger partial charge in [0.05, 0.1) is 0 Å². The Morgan fingerprint density at radius 3 is 2.33 bits per heavy atom. The lowest BCUT2D eigenvalue weighted by Crippen LogP contribution is -2.17. The second-order valence-corrected chi connectivity index (χ2v) is 6.32. The van der Waals surface area contributed by atoms with Crippen molar-refractivity contribution in [3.05, 3.63) is 41.7 Å². The topological polar surface area (TPSA) is 63.8 Å². The summed E-state index contributed by atoms with van der Waals surface area (Å²) < 4.78 is 0. The minimum absolute atomic E-state index is 0.128. The lowest BCUT2D eigenvalue weighted by atomic mass is 9.96. The van der Waals surface area contributed by atoms with Crippen molar-refractivity contribution in [2.75, 3.05) is 11.1 Å². The molecule has 4 nitrogen and oxygen atoms in total. The summed E-state index contributed by atoms with van der Waals surface area (Å²) in [6, 6.07) is 10.2. The molecule has 0 unspecified atom stereocenters. The Morgan fingerprint density at radius 2 is 1.76 bits per heavy atom. The maximum absolute atomic E-state index is 5.88. The number of nitrogens with one attached hydrogen (secondary N) is 1. The smallest absolute Gasteiger partial charge is 0.138 e. The first-order valence-corrected chi connectivity index (χ1v) is 7.39. The summed E-state index contributed by atoms with van der Waals surface area (Å²) in [5.41, 5.74) is 8.11. The number of benzene rings is 1. The summed E-state index contributed by atoms with van der Waals surface area (Å²) in [4.78, 5) is 8.87. The number of aromatic nitrogens is 2. The molecule has 4 heteroatoms. The lowest BCUT2D eigenvalue weighted by Gasteiger charge is -2.18. The van der Waals surface area contributed by atoms with Gasteiger partial charge in [-0.05, 0) is 24.1 Å². The van der Waals surface area contributed by atoms with Crippen molar-refractivity contribution in [2.45, 2.75) is 46.0 Å². The van der Waals surface area contributed by atoms with E-state index in [0.717, 1.165) is 30.2 Å². The SMILES string of the molecule is CCCc1ccc(Nc2cc(N)nc(C(C)(C)C)n2)cc1. The third-order valence-electron chi connectivity index (χ3n) is 3.18. The van der Waals surface area contributed by atoms with Gasteiger partial charge in [0, 0.05) is 17.2 Å². The molecule has 0 aliphatic heterocycles. The zero-order valence-electron chi connectivity index (χ0n) is 13.3. The molecule has 3 N–H and O–H groups in total. The molecule has 2 rings (SSSR count). The van der Waals surface area contributed by atoms with Crippen molar-refractivity contribution in [3.63, 3.8) is 0 Å². The molecule has 0 radical (unpaired) electrons. The number of nitrogens with zero attached hydrogens (tertiary/aromatic N) is 2. The van der Waals surface area contributed by atoms with Crippen LogP contribution in [0, 0.1) is 0 Å². The van der Waals surface area contributed by atoms with Gasteiger partial charge in [-0.25, -0.2) is 9.97 Å². The molecule has 0 aliphatic rings. The average molecular weight is 284 g/mol. The van der Waals surface area contributed by atoms with Crippen LogP contribution in [0.5, 0.6) is 0 Å². The molecule has 0 amide bonds. The van der Waals surface area contributed by atoms with E-state index < -0.39 is 0 Å². The lowest BCUT2D eigenvalue weighted by molar-refractivity contribution is 0.547. The van der Waals surface area contributed by atoms with Crippen molar-refractivity contribution in [1.82, 2.24) is 9.97 Å². The zero-order valence-corrected chi connectivity index (χ0v) is 13.3. The number of hydrogen-bond donors (Lipinski definition) is 2. The molecule has 1 heterocycles. The Hall–Kier alpha value is -2.10. The van der Waals surface area contributed by atoms with Gasteiger partial charge >= 0.3 is 0 Å². The van der Waals surface area contributed by atoms with E-state index in [2.05, 4.69) is 67.2 Å². The molecule has 0 fully saturated rings. The molecule has 0 saturated carbocycles. The quantitative estimate of drug-likeness (QED) is 0.889. The van der Waals surface area contributed by atoms with Gasteiger partial charge in [0.25, 0.3) is 0 Å².